The van der Waals surface area contributed by atoms with E-state index in [0.29, 0.717) is 23.8 Å². The van der Waals surface area contributed by atoms with Gasteiger partial charge in [0.15, 0.2) is 0 Å². The van der Waals surface area contributed by atoms with Crippen molar-refractivity contribution in [1.82, 2.24) is 4.31 Å². The van der Waals surface area contributed by atoms with Crippen molar-refractivity contribution < 1.29 is 13.2 Å². The van der Waals surface area contributed by atoms with Crippen LogP contribution in [0.1, 0.15) is 23.2 Å². The molecule has 4 rings (SSSR count). The van der Waals surface area contributed by atoms with Crippen molar-refractivity contribution in [2.75, 3.05) is 18.4 Å². The number of anilines is 1. The first-order chi connectivity index (χ1) is 15.3. The molecule has 3 aromatic rings. The van der Waals surface area contributed by atoms with Crippen molar-refractivity contribution in [3.8, 4) is 0 Å². The molecule has 1 saturated heterocycles. The Bertz CT molecular complexity index is 1240. The van der Waals surface area contributed by atoms with Crippen LogP contribution in [0.5, 0.6) is 0 Å². The summed E-state index contributed by atoms with van der Waals surface area (Å²) in [4.78, 5) is 14.8. The molecule has 1 fully saturated rings. The average molecular weight is 507 g/mol. The molecule has 9 heteroatoms. The van der Waals surface area contributed by atoms with E-state index in [0.717, 1.165) is 22.6 Å². The molecule has 3 aromatic carbocycles. The molecule has 5 nitrogen and oxygen atoms in total. The van der Waals surface area contributed by atoms with E-state index in [1.807, 2.05) is 30.3 Å². The molecule has 1 heterocycles. The van der Waals surface area contributed by atoms with Gasteiger partial charge < -0.3 is 5.32 Å². The molecule has 0 spiro atoms. The second-order valence-corrected chi connectivity index (χ2v) is 11.1. The number of amides is 1. The molecule has 166 valence electrons. The number of carbonyl (C=O) groups is 1. The maximum atomic E-state index is 13.0. The zero-order chi connectivity index (χ0) is 22.7. The fourth-order valence-corrected chi connectivity index (χ4v) is 6.44. The number of hydrogen-bond acceptors (Lipinski definition) is 4. The lowest BCUT2D eigenvalue weighted by atomic mass is 10.2. The molecular formula is C23H20Cl2N2O3S2. The quantitative estimate of drug-likeness (QED) is 0.433. The highest BCUT2D eigenvalue weighted by Crippen LogP contribution is 2.34. The number of sulfonamides is 1. The van der Waals surface area contributed by atoms with Crippen LogP contribution in [0.15, 0.2) is 81.4 Å². The van der Waals surface area contributed by atoms with E-state index in [-0.39, 0.29) is 15.5 Å². The lowest BCUT2D eigenvalue weighted by Crippen LogP contribution is -2.28. The smallest absolute Gasteiger partial charge is 0.255 e. The summed E-state index contributed by atoms with van der Waals surface area (Å²) in [5.41, 5.74) is 0.842. The van der Waals surface area contributed by atoms with E-state index in [4.69, 9.17) is 23.2 Å². The van der Waals surface area contributed by atoms with Crippen LogP contribution in [0.25, 0.3) is 0 Å². The van der Waals surface area contributed by atoms with Crippen molar-refractivity contribution in [2.24, 2.45) is 0 Å². The first-order valence-electron chi connectivity index (χ1n) is 9.98. The van der Waals surface area contributed by atoms with Crippen LogP contribution in [0.2, 0.25) is 10.0 Å². The number of hydrogen-bond donors (Lipinski definition) is 1. The van der Waals surface area contributed by atoms with Gasteiger partial charge >= 0.3 is 0 Å². The summed E-state index contributed by atoms with van der Waals surface area (Å²) in [6, 6.07) is 19.2. The molecule has 1 N–H and O–H groups in total. The lowest BCUT2D eigenvalue weighted by Gasteiger charge is -2.17. The van der Waals surface area contributed by atoms with E-state index < -0.39 is 15.9 Å². The molecule has 0 bridgehead atoms. The first kappa shape index (κ1) is 23.1. The maximum Gasteiger partial charge on any atom is 0.255 e. The third-order valence-electron chi connectivity index (χ3n) is 5.05. The largest absolute Gasteiger partial charge is 0.321 e. The zero-order valence-corrected chi connectivity index (χ0v) is 20.1. The van der Waals surface area contributed by atoms with Gasteiger partial charge in [-0.1, -0.05) is 47.1 Å². The van der Waals surface area contributed by atoms with Gasteiger partial charge in [0.05, 0.1) is 10.7 Å². The number of nitrogens with one attached hydrogen (secondary N) is 1. The van der Waals surface area contributed by atoms with Crippen molar-refractivity contribution in [1.29, 1.82) is 0 Å². The number of para-hydroxylation sites is 1. The highest BCUT2D eigenvalue weighted by atomic mass is 35.5. The fourth-order valence-electron chi connectivity index (χ4n) is 3.39. The maximum absolute atomic E-state index is 13.0. The Morgan fingerprint density at radius 3 is 2.34 bits per heavy atom. The predicted molar refractivity (Wildman–Crippen MR) is 129 cm³/mol. The van der Waals surface area contributed by atoms with E-state index in [9.17, 15) is 13.2 Å². The van der Waals surface area contributed by atoms with Crippen molar-refractivity contribution in [3.05, 3.63) is 82.3 Å². The van der Waals surface area contributed by atoms with Crippen LogP contribution in [0.4, 0.5) is 5.69 Å². The second-order valence-electron chi connectivity index (χ2n) is 7.26. The summed E-state index contributed by atoms with van der Waals surface area (Å²) >= 11 is 13.6. The third-order valence-corrected chi connectivity index (χ3v) is 8.77. The zero-order valence-electron chi connectivity index (χ0n) is 16.9. The summed E-state index contributed by atoms with van der Waals surface area (Å²) < 4.78 is 27.3. The molecule has 0 aliphatic carbocycles. The molecule has 0 saturated carbocycles. The Hall–Kier alpha value is -2.03. The fraction of sp³-hybridized carbons (Fsp3) is 0.174. The summed E-state index contributed by atoms with van der Waals surface area (Å²) in [5, 5.41) is 3.64. The summed E-state index contributed by atoms with van der Waals surface area (Å²) in [6.45, 7) is 0.925. The Labute approximate surface area is 201 Å². The van der Waals surface area contributed by atoms with Gasteiger partial charge in [-0.05, 0) is 67.4 Å². The highest BCUT2D eigenvalue weighted by molar-refractivity contribution is 7.99. The summed E-state index contributed by atoms with van der Waals surface area (Å²) in [7, 11) is -3.74. The van der Waals surface area contributed by atoms with Gasteiger partial charge in [-0.3, -0.25) is 4.79 Å². The number of rotatable bonds is 6. The van der Waals surface area contributed by atoms with Gasteiger partial charge in [-0.2, -0.15) is 4.31 Å². The molecular weight excluding hydrogens is 487 g/mol. The third kappa shape index (κ3) is 5.13. The Kier molecular flexibility index (Phi) is 7.12. The Balaban J connectivity index is 1.58. The minimum atomic E-state index is -3.74. The first-order valence-corrected chi connectivity index (χ1v) is 13.0. The Morgan fingerprint density at radius 1 is 0.938 bits per heavy atom. The van der Waals surface area contributed by atoms with Crippen LogP contribution >= 0.6 is 35.0 Å². The monoisotopic (exact) mass is 506 g/mol. The molecule has 0 unspecified atom stereocenters. The standard InChI is InChI=1S/C23H20Cl2N2O3S2/c24-17-8-10-18(11-9-17)31-21-6-2-1-5-20(21)26-23(28)16-7-12-19(25)22(15-16)32(29,30)27-13-3-4-14-27/h1-2,5-12,15H,3-4,13-14H2,(H,26,28). The van der Waals surface area contributed by atoms with Crippen LogP contribution in [0, 0.1) is 0 Å². The van der Waals surface area contributed by atoms with Gasteiger partial charge in [0.1, 0.15) is 4.90 Å². The molecule has 0 aromatic heterocycles. The molecule has 1 amide bonds. The van der Waals surface area contributed by atoms with Gasteiger partial charge in [-0.15, -0.1) is 0 Å². The van der Waals surface area contributed by atoms with Gasteiger partial charge in [0.25, 0.3) is 5.91 Å². The normalized spacial score (nSPS) is 14.4. The highest BCUT2D eigenvalue weighted by Gasteiger charge is 2.29. The van der Waals surface area contributed by atoms with Crippen LogP contribution < -0.4 is 5.32 Å². The van der Waals surface area contributed by atoms with Gasteiger partial charge in [-0.25, -0.2) is 8.42 Å². The van der Waals surface area contributed by atoms with Crippen LogP contribution in [0.3, 0.4) is 0 Å². The number of nitrogens with zero attached hydrogens (tertiary/aromatic N) is 1. The number of benzene rings is 3. The van der Waals surface area contributed by atoms with E-state index >= 15 is 0 Å². The summed E-state index contributed by atoms with van der Waals surface area (Å²) in [5.74, 6) is -0.413. The lowest BCUT2D eigenvalue weighted by molar-refractivity contribution is 0.102. The Morgan fingerprint density at radius 2 is 1.62 bits per heavy atom. The minimum Gasteiger partial charge on any atom is -0.321 e. The molecule has 1 aliphatic rings. The van der Waals surface area contributed by atoms with Crippen molar-refractivity contribution in [2.45, 2.75) is 27.5 Å². The van der Waals surface area contributed by atoms with E-state index in [2.05, 4.69) is 5.32 Å². The van der Waals surface area contributed by atoms with Gasteiger partial charge in [0.2, 0.25) is 10.0 Å². The van der Waals surface area contributed by atoms with Crippen LogP contribution in [-0.2, 0) is 10.0 Å². The molecule has 1 aliphatic heterocycles. The van der Waals surface area contributed by atoms with Gasteiger partial charge in [0, 0.05) is 33.5 Å². The predicted octanol–water partition coefficient (Wildman–Crippen LogP) is 6.18. The van der Waals surface area contributed by atoms with Crippen LogP contribution in [-0.4, -0.2) is 31.7 Å². The SMILES string of the molecule is O=C(Nc1ccccc1Sc1ccc(Cl)cc1)c1ccc(Cl)c(S(=O)(=O)N2CCCC2)c1. The number of carbonyl (C=O) groups excluding carboxylic acids is 1. The van der Waals surface area contributed by atoms with E-state index in [1.165, 1.54) is 34.3 Å². The molecule has 0 radical (unpaired) electrons. The molecule has 0 atom stereocenters. The topological polar surface area (TPSA) is 66.5 Å². The van der Waals surface area contributed by atoms with Crippen molar-refractivity contribution >= 4 is 56.6 Å². The second kappa shape index (κ2) is 9.85. The van der Waals surface area contributed by atoms with E-state index in [1.54, 1.807) is 18.2 Å². The molecule has 32 heavy (non-hydrogen) atoms. The minimum absolute atomic E-state index is 0.0439. The summed E-state index contributed by atoms with van der Waals surface area (Å²) in [6.07, 6.45) is 1.64. The average Bonchev–Trinajstić information content (AvgIpc) is 3.33. The van der Waals surface area contributed by atoms with Crippen molar-refractivity contribution in [3.63, 3.8) is 0 Å². The number of halogens is 2.